The summed E-state index contributed by atoms with van der Waals surface area (Å²) in [6, 6.07) is 0.477. The fraction of sp³-hybridized carbons (Fsp3) is 1.00. The van der Waals surface area contributed by atoms with Crippen LogP contribution in [0.1, 0.15) is 46.5 Å². The standard InChI is InChI=1S/C15H32N2O2S/c1-6-15(2,3)12-7-8-13(16)14(11-12)17(4)9-10-20(5,18)19/h12-14H,6-11,16H2,1-5H3. The number of nitrogens with zero attached hydrogens (tertiary/aromatic N) is 1. The molecule has 5 heteroatoms. The van der Waals surface area contributed by atoms with Crippen LogP contribution in [0.2, 0.25) is 0 Å². The molecule has 0 aliphatic heterocycles. The molecule has 0 aromatic heterocycles. The molecule has 2 N–H and O–H groups in total. The highest BCUT2D eigenvalue weighted by Crippen LogP contribution is 2.41. The van der Waals surface area contributed by atoms with E-state index in [-0.39, 0.29) is 11.8 Å². The van der Waals surface area contributed by atoms with Crippen molar-refractivity contribution in [2.75, 3.05) is 25.6 Å². The Morgan fingerprint density at radius 2 is 1.90 bits per heavy atom. The Bertz CT molecular complexity index is 406. The average molecular weight is 304 g/mol. The zero-order valence-electron chi connectivity index (χ0n) is 13.7. The molecule has 0 heterocycles. The summed E-state index contributed by atoms with van der Waals surface area (Å²) < 4.78 is 22.6. The molecule has 0 bridgehead atoms. The maximum Gasteiger partial charge on any atom is 0.148 e. The fourth-order valence-corrected chi connectivity index (χ4v) is 3.77. The minimum Gasteiger partial charge on any atom is -0.326 e. The van der Waals surface area contributed by atoms with Crippen LogP contribution in [0.25, 0.3) is 0 Å². The van der Waals surface area contributed by atoms with Gasteiger partial charge in [-0.25, -0.2) is 8.42 Å². The Kier molecular flexibility index (Phi) is 6.05. The maximum absolute atomic E-state index is 11.3. The second-order valence-electron chi connectivity index (χ2n) is 7.19. The molecule has 0 aromatic carbocycles. The Balaban J connectivity index is 2.67. The molecular formula is C15H32N2O2S. The molecule has 4 nitrogen and oxygen atoms in total. The van der Waals surface area contributed by atoms with Gasteiger partial charge in [0, 0.05) is 24.9 Å². The highest BCUT2D eigenvalue weighted by Gasteiger charge is 2.37. The first-order valence-corrected chi connectivity index (χ1v) is 9.76. The van der Waals surface area contributed by atoms with Gasteiger partial charge in [0.25, 0.3) is 0 Å². The van der Waals surface area contributed by atoms with Gasteiger partial charge in [-0.2, -0.15) is 0 Å². The van der Waals surface area contributed by atoms with Gasteiger partial charge in [0.1, 0.15) is 9.84 Å². The van der Waals surface area contributed by atoms with Gasteiger partial charge in [0.2, 0.25) is 0 Å². The van der Waals surface area contributed by atoms with E-state index in [1.54, 1.807) is 0 Å². The van der Waals surface area contributed by atoms with Crippen molar-refractivity contribution in [1.29, 1.82) is 0 Å². The minimum absolute atomic E-state index is 0.170. The predicted octanol–water partition coefficient (Wildman–Crippen LogP) is 1.90. The van der Waals surface area contributed by atoms with Crippen molar-refractivity contribution in [3.63, 3.8) is 0 Å². The van der Waals surface area contributed by atoms with Crippen molar-refractivity contribution < 1.29 is 8.42 Å². The summed E-state index contributed by atoms with van der Waals surface area (Å²) >= 11 is 0. The third-order valence-corrected chi connectivity index (χ3v) is 6.19. The van der Waals surface area contributed by atoms with Crippen molar-refractivity contribution in [2.24, 2.45) is 17.1 Å². The van der Waals surface area contributed by atoms with Gasteiger partial charge in [0.05, 0.1) is 5.75 Å². The highest BCUT2D eigenvalue weighted by atomic mass is 32.2. The third-order valence-electron chi connectivity index (χ3n) is 5.27. The molecule has 0 aromatic rings. The van der Waals surface area contributed by atoms with Gasteiger partial charge in [-0.15, -0.1) is 0 Å². The topological polar surface area (TPSA) is 63.4 Å². The molecule has 1 aliphatic carbocycles. The van der Waals surface area contributed by atoms with E-state index >= 15 is 0 Å². The van der Waals surface area contributed by atoms with Crippen molar-refractivity contribution >= 4 is 9.84 Å². The van der Waals surface area contributed by atoms with E-state index in [1.807, 2.05) is 7.05 Å². The van der Waals surface area contributed by atoms with Gasteiger partial charge in [-0.05, 0) is 37.6 Å². The number of sulfone groups is 1. The SMILES string of the molecule is CCC(C)(C)C1CCC(N)C(N(C)CCS(C)(=O)=O)C1. The van der Waals surface area contributed by atoms with Crippen LogP contribution in [-0.2, 0) is 9.84 Å². The first-order chi connectivity index (χ1) is 9.07. The third kappa shape index (κ3) is 5.01. The van der Waals surface area contributed by atoms with E-state index < -0.39 is 9.84 Å². The zero-order valence-corrected chi connectivity index (χ0v) is 14.5. The van der Waals surface area contributed by atoms with E-state index in [1.165, 1.54) is 19.1 Å². The molecule has 3 atom stereocenters. The molecule has 0 saturated heterocycles. The van der Waals surface area contributed by atoms with Crippen LogP contribution in [-0.4, -0.2) is 51.0 Å². The van der Waals surface area contributed by atoms with Crippen LogP contribution in [0.3, 0.4) is 0 Å². The van der Waals surface area contributed by atoms with Crippen molar-refractivity contribution in [3.8, 4) is 0 Å². The Morgan fingerprint density at radius 3 is 2.40 bits per heavy atom. The van der Waals surface area contributed by atoms with E-state index in [9.17, 15) is 8.42 Å². The van der Waals surface area contributed by atoms with Gasteiger partial charge in [0.15, 0.2) is 0 Å². The zero-order chi connectivity index (χ0) is 15.6. The molecule has 3 unspecified atom stereocenters. The van der Waals surface area contributed by atoms with Crippen LogP contribution in [0, 0.1) is 11.3 Å². The van der Waals surface area contributed by atoms with Crippen LogP contribution in [0.5, 0.6) is 0 Å². The highest BCUT2D eigenvalue weighted by molar-refractivity contribution is 7.90. The lowest BCUT2D eigenvalue weighted by atomic mass is 9.67. The second-order valence-corrected chi connectivity index (χ2v) is 9.45. The number of rotatable bonds is 6. The molecule has 1 fully saturated rings. The van der Waals surface area contributed by atoms with Crippen LogP contribution in [0.4, 0.5) is 0 Å². The summed E-state index contributed by atoms with van der Waals surface area (Å²) in [5.74, 6) is 0.896. The molecule has 0 amide bonds. The van der Waals surface area contributed by atoms with Crippen molar-refractivity contribution in [3.05, 3.63) is 0 Å². The summed E-state index contributed by atoms with van der Waals surface area (Å²) in [5.41, 5.74) is 6.62. The monoisotopic (exact) mass is 304 g/mol. The predicted molar refractivity (Wildman–Crippen MR) is 85.5 cm³/mol. The summed E-state index contributed by atoms with van der Waals surface area (Å²) in [7, 11) is -0.893. The maximum atomic E-state index is 11.3. The Labute approximate surface area is 125 Å². The largest absolute Gasteiger partial charge is 0.326 e. The molecule has 0 radical (unpaired) electrons. The number of hydrogen-bond acceptors (Lipinski definition) is 4. The molecule has 1 saturated carbocycles. The van der Waals surface area contributed by atoms with Gasteiger partial charge >= 0.3 is 0 Å². The smallest absolute Gasteiger partial charge is 0.148 e. The first-order valence-electron chi connectivity index (χ1n) is 7.70. The number of nitrogens with two attached hydrogens (primary N) is 1. The van der Waals surface area contributed by atoms with Crippen LogP contribution < -0.4 is 5.73 Å². The molecule has 0 spiro atoms. The lowest BCUT2D eigenvalue weighted by molar-refractivity contribution is 0.0757. The normalized spacial score (nSPS) is 28.9. The number of likely N-dealkylation sites (N-methyl/N-ethyl adjacent to an activating group) is 1. The van der Waals surface area contributed by atoms with Gasteiger partial charge < -0.3 is 10.6 Å². The summed E-state index contributed by atoms with van der Waals surface area (Å²) in [4.78, 5) is 2.16. The molecule has 20 heavy (non-hydrogen) atoms. The molecular weight excluding hydrogens is 272 g/mol. The van der Waals surface area contributed by atoms with Crippen LogP contribution >= 0.6 is 0 Å². The second kappa shape index (κ2) is 6.75. The molecule has 1 rings (SSSR count). The fourth-order valence-electron chi connectivity index (χ4n) is 3.15. The van der Waals surface area contributed by atoms with E-state index in [2.05, 4.69) is 25.7 Å². The summed E-state index contributed by atoms with van der Waals surface area (Å²) in [6.07, 6.45) is 5.79. The quantitative estimate of drug-likeness (QED) is 0.814. The lowest BCUT2D eigenvalue weighted by Crippen LogP contribution is -2.52. The number of hydrogen-bond donors (Lipinski definition) is 1. The van der Waals surface area contributed by atoms with Gasteiger partial charge in [-0.3, -0.25) is 0 Å². The molecule has 1 aliphatic rings. The van der Waals surface area contributed by atoms with Crippen LogP contribution in [0.15, 0.2) is 0 Å². The first kappa shape index (κ1) is 17.9. The van der Waals surface area contributed by atoms with Crippen molar-refractivity contribution in [1.82, 2.24) is 4.90 Å². The van der Waals surface area contributed by atoms with Crippen molar-refractivity contribution in [2.45, 2.75) is 58.5 Å². The van der Waals surface area contributed by atoms with E-state index in [0.29, 0.717) is 23.9 Å². The lowest BCUT2D eigenvalue weighted by Gasteiger charge is -2.45. The summed E-state index contributed by atoms with van der Waals surface area (Å²) in [6.45, 7) is 7.50. The minimum atomic E-state index is -2.90. The Morgan fingerprint density at radius 1 is 1.30 bits per heavy atom. The average Bonchev–Trinajstić information content (AvgIpc) is 2.35. The van der Waals surface area contributed by atoms with E-state index in [0.717, 1.165) is 12.8 Å². The Hall–Kier alpha value is -0.130. The summed E-state index contributed by atoms with van der Waals surface area (Å²) in [5, 5.41) is 0. The van der Waals surface area contributed by atoms with Gasteiger partial charge in [-0.1, -0.05) is 27.2 Å². The van der Waals surface area contributed by atoms with E-state index in [4.69, 9.17) is 5.73 Å². The molecule has 120 valence electrons.